The SMILES string of the molecule is Cc1ccc(/C=C(\C#N)c2c[nH]c3ccccc23)cc1. The minimum Gasteiger partial charge on any atom is -0.361 e. The number of hydrogen-bond acceptors (Lipinski definition) is 1. The summed E-state index contributed by atoms with van der Waals surface area (Å²) in [5, 5.41) is 10.5. The minimum absolute atomic E-state index is 0.673. The monoisotopic (exact) mass is 258 g/mol. The normalized spacial score (nSPS) is 11.5. The molecule has 0 aliphatic rings. The maximum atomic E-state index is 9.44. The van der Waals surface area contributed by atoms with Gasteiger partial charge in [0.1, 0.15) is 0 Å². The molecule has 0 radical (unpaired) electrons. The van der Waals surface area contributed by atoms with E-state index in [9.17, 15) is 5.26 Å². The van der Waals surface area contributed by atoms with Crippen LogP contribution in [0.25, 0.3) is 22.6 Å². The largest absolute Gasteiger partial charge is 0.361 e. The molecule has 2 nitrogen and oxygen atoms in total. The molecule has 0 unspecified atom stereocenters. The predicted octanol–water partition coefficient (Wildman–Crippen LogP) is 4.54. The lowest BCUT2D eigenvalue weighted by Gasteiger charge is -1.99. The molecule has 1 heterocycles. The van der Waals surface area contributed by atoms with E-state index in [1.165, 1.54) is 5.56 Å². The Hall–Kier alpha value is -2.79. The predicted molar refractivity (Wildman–Crippen MR) is 83.0 cm³/mol. The van der Waals surface area contributed by atoms with Gasteiger partial charge in [0.2, 0.25) is 0 Å². The number of aromatic nitrogens is 1. The van der Waals surface area contributed by atoms with E-state index in [1.807, 2.05) is 48.7 Å². The molecule has 0 bridgehead atoms. The zero-order chi connectivity index (χ0) is 13.9. The fourth-order valence-corrected chi connectivity index (χ4v) is 2.29. The molecular weight excluding hydrogens is 244 g/mol. The van der Waals surface area contributed by atoms with Crippen LogP contribution in [-0.4, -0.2) is 4.98 Å². The molecular formula is C18H14N2. The average molecular weight is 258 g/mol. The molecule has 1 aromatic heterocycles. The Balaban J connectivity index is 2.10. The van der Waals surface area contributed by atoms with Crippen LogP contribution in [0.15, 0.2) is 54.7 Å². The van der Waals surface area contributed by atoms with Crippen LogP contribution in [-0.2, 0) is 0 Å². The summed E-state index contributed by atoms with van der Waals surface area (Å²) in [5.74, 6) is 0. The Morgan fingerprint density at radius 1 is 1.10 bits per heavy atom. The van der Waals surface area contributed by atoms with E-state index >= 15 is 0 Å². The number of para-hydroxylation sites is 1. The van der Waals surface area contributed by atoms with Gasteiger partial charge in [0, 0.05) is 22.7 Å². The molecule has 0 saturated heterocycles. The number of aryl methyl sites for hydroxylation is 1. The van der Waals surface area contributed by atoms with Crippen LogP contribution in [0, 0.1) is 18.3 Å². The van der Waals surface area contributed by atoms with Crippen LogP contribution >= 0.6 is 0 Å². The molecule has 0 fully saturated rings. The number of rotatable bonds is 2. The highest BCUT2D eigenvalue weighted by Gasteiger charge is 2.07. The first-order valence-electron chi connectivity index (χ1n) is 6.53. The minimum atomic E-state index is 0.673. The van der Waals surface area contributed by atoms with E-state index in [1.54, 1.807) is 0 Å². The van der Waals surface area contributed by atoms with E-state index < -0.39 is 0 Å². The standard InChI is InChI=1S/C18H14N2/c1-13-6-8-14(9-7-13)10-15(11-19)17-12-20-18-5-3-2-4-16(17)18/h2-10,12,20H,1H3/b15-10+. The fourth-order valence-electron chi connectivity index (χ4n) is 2.29. The lowest BCUT2D eigenvalue weighted by atomic mass is 10.0. The molecule has 20 heavy (non-hydrogen) atoms. The van der Waals surface area contributed by atoms with Gasteiger partial charge in [0.05, 0.1) is 11.6 Å². The topological polar surface area (TPSA) is 39.6 Å². The fraction of sp³-hybridized carbons (Fsp3) is 0.0556. The van der Waals surface area contributed by atoms with E-state index in [4.69, 9.17) is 0 Å². The molecule has 3 rings (SSSR count). The summed E-state index contributed by atoms with van der Waals surface area (Å²) in [5.41, 5.74) is 4.92. The Labute approximate surface area is 118 Å². The van der Waals surface area contributed by atoms with Crippen LogP contribution in [0.3, 0.4) is 0 Å². The molecule has 1 N–H and O–H groups in total. The van der Waals surface area contributed by atoms with Gasteiger partial charge in [0.25, 0.3) is 0 Å². The smallest absolute Gasteiger partial charge is 0.0998 e. The van der Waals surface area contributed by atoms with Crippen LogP contribution in [0.4, 0.5) is 0 Å². The maximum absolute atomic E-state index is 9.44. The number of nitrogens with zero attached hydrogens (tertiary/aromatic N) is 1. The van der Waals surface area contributed by atoms with Crippen molar-refractivity contribution in [1.29, 1.82) is 5.26 Å². The quantitative estimate of drug-likeness (QED) is 0.673. The lowest BCUT2D eigenvalue weighted by molar-refractivity contribution is 1.45. The Kier molecular flexibility index (Phi) is 3.10. The third-order valence-corrected chi connectivity index (χ3v) is 3.39. The summed E-state index contributed by atoms with van der Waals surface area (Å²) < 4.78 is 0. The highest BCUT2D eigenvalue weighted by molar-refractivity contribution is 6.01. The van der Waals surface area contributed by atoms with Crippen LogP contribution in [0.1, 0.15) is 16.7 Å². The third kappa shape index (κ3) is 2.22. The lowest BCUT2D eigenvalue weighted by Crippen LogP contribution is -1.81. The second-order valence-electron chi connectivity index (χ2n) is 4.83. The van der Waals surface area contributed by atoms with Crippen LogP contribution in [0.2, 0.25) is 0 Å². The van der Waals surface area contributed by atoms with Crippen molar-refractivity contribution < 1.29 is 0 Å². The summed E-state index contributed by atoms with van der Waals surface area (Å²) in [7, 11) is 0. The Bertz CT molecular complexity index is 814. The zero-order valence-electron chi connectivity index (χ0n) is 11.2. The first kappa shape index (κ1) is 12.3. The van der Waals surface area contributed by atoms with Gasteiger partial charge in [-0.15, -0.1) is 0 Å². The van der Waals surface area contributed by atoms with E-state index in [-0.39, 0.29) is 0 Å². The van der Waals surface area contributed by atoms with Crippen molar-refractivity contribution in [3.8, 4) is 6.07 Å². The van der Waals surface area contributed by atoms with Crippen molar-refractivity contribution in [2.75, 3.05) is 0 Å². The number of H-pyrrole nitrogens is 1. The summed E-state index contributed by atoms with van der Waals surface area (Å²) in [4.78, 5) is 3.21. The molecule has 96 valence electrons. The molecule has 0 saturated carbocycles. The van der Waals surface area contributed by atoms with Crippen LogP contribution in [0.5, 0.6) is 0 Å². The number of aromatic amines is 1. The Morgan fingerprint density at radius 3 is 2.60 bits per heavy atom. The summed E-state index contributed by atoms with van der Waals surface area (Å²) in [6.07, 6.45) is 3.82. The first-order chi connectivity index (χ1) is 9.78. The van der Waals surface area contributed by atoms with Crippen molar-refractivity contribution in [3.05, 3.63) is 71.4 Å². The number of benzene rings is 2. The molecule has 3 aromatic rings. The van der Waals surface area contributed by atoms with Crippen molar-refractivity contribution in [3.63, 3.8) is 0 Å². The van der Waals surface area contributed by atoms with Gasteiger partial charge in [-0.05, 0) is 24.6 Å². The molecule has 0 spiro atoms. The van der Waals surface area contributed by atoms with E-state index in [0.717, 1.165) is 22.0 Å². The van der Waals surface area contributed by atoms with Gasteiger partial charge in [-0.1, -0.05) is 48.0 Å². The highest BCUT2D eigenvalue weighted by Crippen LogP contribution is 2.26. The van der Waals surface area contributed by atoms with Crippen molar-refractivity contribution in [2.24, 2.45) is 0 Å². The van der Waals surface area contributed by atoms with Crippen molar-refractivity contribution >= 4 is 22.6 Å². The van der Waals surface area contributed by atoms with Crippen molar-refractivity contribution in [2.45, 2.75) is 6.92 Å². The van der Waals surface area contributed by atoms with E-state index in [2.05, 4.69) is 30.1 Å². The zero-order valence-corrected chi connectivity index (χ0v) is 11.2. The number of nitriles is 1. The second-order valence-corrected chi connectivity index (χ2v) is 4.83. The third-order valence-electron chi connectivity index (χ3n) is 3.39. The molecule has 0 amide bonds. The second kappa shape index (κ2) is 5.07. The molecule has 2 aromatic carbocycles. The first-order valence-corrected chi connectivity index (χ1v) is 6.53. The van der Waals surface area contributed by atoms with Gasteiger partial charge in [-0.3, -0.25) is 0 Å². The maximum Gasteiger partial charge on any atom is 0.0998 e. The summed E-state index contributed by atoms with van der Waals surface area (Å²) in [6, 6.07) is 18.5. The van der Waals surface area contributed by atoms with Gasteiger partial charge in [-0.2, -0.15) is 5.26 Å². The average Bonchev–Trinajstić information content (AvgIpc) is 2.91. The molecule has 0 aliphatic carbocycles. The van der Waals surface area contributed by atoms with Gasteiger partial charge in [-0.25, -0.2) is 0 Å². The molecule has 0 atom stereocenters. The highest BCUT2D eigenvalue weighted by atomic mass is 14.7. The summed E-state index contributed by atoms with van der Waals surface area (Å²) in [6.45, 7) is 2.05. The molecule has 2 heteroatoms. The number of hydrogen-bond donors (Lipinski definition) is 1. The molecule has 0 aliphatic heterocycles. The van der Waals surface area contributed by atoms with Crippen LogP contribution < -0.4 is 0 Å². The number of nitrogens with one attached hydrogen (secondary N) is 1. The van der Waals surface area contributed by atoms with E-state index in [0.29, 0.717) is 5.57 Å². The summed E-state index contributed by atoms with van der Waals surface area (Å²) >= 11 is 0. The Morgan fingerprint density at radius 2 is 1.85 bits per heavy atom. The number of allylic oxidation sites excluding steroid dienone is 1. The van der Waals surface area contributed by atoms with Gasteiger partial charge < -0.3 is 4.98 Å². The van der Waals surface area contributed by atoms with Crippen molar-refractivity contribution in [1.82, 2.24) is 4.98 Å². The van der Waals surface area contributed by atoms with Gasteiger partial charge in [0.15, 0.2) is 0 Å². The number of fused-ring (bicyclic) bond motifs is 1. The van der Waals surface area contributed by atoms with Gasteiger partial charge >= 0.3 is 0 Å².